The van der Waals surface area contributed by atoms with Crippen LogP contribution in [0.4, 0.5) is 5.69 Å². The Labute approximate surface area is 89.6 Å². The summed E-state index contributed by atoms with van der Waals surface area (Å²) in [4.78, 5) is 0. The predicted octanol–water partition coefficient (Wildman–Crippen LogP) is 2.54. The minimum absolute atomic E-state index is 0.450. The molecule has 0 radical (unpaired) electrons. The van der Waals surface area contributed by atoms with Crippen molar-refractivity contribution in [2.24, 2.45) is 0 Å². The molecule has 1 saturated heterocycles. The van der Waals surface area contributed by atoms with Crippen LogP contribution in [0.3, 0.4) is 0 Å². The van der Waals surface area contributed by atoms with Crippen LogP contribution in [0, 0.1) is 0 Å². The van der Waals surface area contributed by atoms with Crippen LogP contribution in [0.2, 0.25) is 0 Å². The maximum Gasteiger partial charge on any atom is 0.302 e. The minimum atomic E-state index is -0.972. The van der Waals surface area contributed by atoms with Crippen LogP contribution in [-0.2, 0) is 14.9 Å². The Morgan fingerprint density at radius 2 is 2.36 bits per heavy atom. The topological polar surface area (TPSA) is 21.7 Å². The number of para-hydroxylation sites is 1. The van der Waals surface area contributed by atoms with E-state index >= 15 is 0 Å². The fourth-order valence-corrected chi connectivity index (χ4v) is 3.78. The van der Waals surface area contributed by atoms with Gasteiger partial charge in [0.25, 0.3) is 0 Å². The van der Waals surface area contributed by atoms with Gasteiger partial charge in [-0.15, -0.1) is 0 Å². The summed E-state index contributed by atoms with van der Waals surface area (Å²) in [7, 11) is -0.972. The second-order valence-corrected chi connectivity index (χ2v) is 5.26. The number of hydrogen-bond donors (Lipinski definition) is 1. The molecule has 2 aliphatic heterocycles. The van der Waals surface area contributed by atoms with E-state index in [1.54, 1.807) is 0 Å². The van der Waals surface area contributed by atoms with Crippen LogP contribution >= 0.6 is 21.4 Å². The van der Waals surface area contributed by atoms with Crippen molar-refractivity contribution in [2.75, 3.05) is 11.3 Å². The van der Waals surface area contributed by atoms with Crippen molar-refractivity contribution in [3.8, 4) is 0 Å². The highest BCUT2D eigenvalue weighted by Gasteiger charge is 2.42. The molecule has 0 spiro atoms. The molecule has 2 atom stereocenters. The van der Waals surface area contributed by atoms with E-state index in [0.29, 0.717) is 6.04 Å². The fourth-order valence-electron chi connectivity index (χ4n) is 2.07. The molecule has 2 heterocycles. The quantitative estimate of drug-likeness (QED) is 0.452. The third kappa shape index (κ3) is 1.18. The van der Waals surface area contributed by atoms with Crippen LogP contribution in [0.15, 0.2) is 24.3 Å². The Kier molecular flexibility index (Phi) is 2.17. The van der Waals surface area contributed by atoms with Crippen LogP contribution in [0.25, 0.3) is 0 Å². The molecule has 0 N–H and O–H groups in total. The van der Waals surface area contributed by atoms with Gasteiger partial charge in [-0.2, -0.15) is 0 Å². The van der Waals surface area contributed by atoms with Gasteiger partial charge in [-0.3, -0.25) is 4.67 Å². The lowest BCUT2D eigenvalue weighted by atomic mass is 10.1. The maximum atomic E-state index is 5.52. The van der Waals surface area contributed by atoms with Gasteiger partial charge in [0.1, 0.15) is 0 Å². The molecule has 1 aromatic carbocycles. The first-order chi connectivity index (χ1) is 6.90. The van der Waals surface area contributed by atoms with Gasteiger partial charge in [0.05, 0.1) is 12.6 Å². The van der Waals surface area contributed by atoms with Crippen molar-refractivity contribution in [1.82, 2.24) is 0 Å². The van der Waals surface area contributed by atoms with Crippen LogP contribution in [-0.4, -0.2) is 12.6 Å². The lowest BCUT2D eigenvalue weighted by Gasteiger charge is -2.20. The van der Waals surface area contributed by atoms with Crippen molar-refractivity contribution in [2.45, 2.75) is 12.5 Å². The summed E-state index contributed by atoms with van der Waals surface area (Å²) < 4.78 is 12.8. The van der Waals surface area contributed by atoms with Gasteiger partial charge in [-0.05, 0) is 31.0 Å². The molecule has 74 valence electrons. The molecule has 5 heteroatoms. The highest BCUT2D eigenvalue weighted by Crippen LogP contribution is 2.56. The van der Waals surface area contributed by atoms with Crippen molar-refractivity contribution < 1.29 is 8.49 Å². The number of nitrogens with zero attached hydrogens (tertiary/aromatic N) is 1. The normalized spacial score (nSPS) is 29.1. The molecule has 1 aromatic rings. The molecule has 14 heavy (non-hydrogen) atoms. The zero-order valence-corrected chi connectivity index (χ0v) is 9.25. The predicted molar refractivity (Wildman–Crippen MR) is 59.4 cm³/mol. The monoisotopic (exact) mass is 227 g/mol. The summed E-state index contributed by atoms with van der Waals surface area (Å²) in [6, 6.07) is 8.86. The average molecular weight is 227 g/mol. The third-order valence-electron chi connectivity index (χ3n) is 2.66. The summed E-state index contributed by atoms with van der Waals surface area (Å²) in [5.41, 5.74) is 2.63. The fraction of sp³-hybridized carbons (Fsp3) is 0.333. The Morgan fingerprint density at radius 1 is 1.50 bits per heavy atom. The van der Waals surface area contributed by atoms with E-state index in [4.69, 9.17) is 8.49 Å². The van der Waals surface area contributed by atoms with Crippen LogP contribution in [0.1, 0.15) is 5.56 Å². The van der Waals surface area contributed by atoms with Crippen LogP contribution < -0.4 is 4.67 Å². The molecule has 2 aliphatic rings. The van der Waals surface area contributed by atoms with Crippen LogP contribution in [0.5, 0.6) is 0 Å². The molecule has 3 rings (SSSR count). The van der Waals surface area contributed by atoms with E-state index in [9.17, 15) is 0 Å². The maximum absolute atomic E-state index is 5.52. The van der Waals surface area contributed by atoms with Crippen molar-refractivity contribution in [1.29, 1.82) is 0 Å². The Morgan fingerprint density at radius 3 is 3.21 bits per heavy atom. The Hall–Kier alpha value is -0.280. The molecule has 1 unspecified atom stereocenters. The van der Waals surface area contributed by atoms with Gasteiger partial charge in [0, 0.05) is 5.69 Å². The van der Waals surface area contributed by atoms with Gasteiger partial charge in [-0.1, -0.05) is 18.2 Å². The molecule has 0 saturated carbocycles. The van der Waals surface area contributed by atoms with E-state index in [0.717, 1.165) is 13.0 Å². The zero-order chi connectivity index (χ0) is 9.54. The molecule has 3 nitrogen and oxygen atoms in total. The van der Waals surface area contributed by atoms with Gasteiger partial charge in [0.2, 0.25) is 0 Å². The van der Waals surface area contributed by atoms with Crippen molar-refractivity contribution in [3.63, 3.8) is 0 Å². The zero-order valence-electron chi connectivity index (χ0n) is 7.46. The first-order valence-corrected chi connectivity index (χ1v) is 6.01. The average Bonchev–Trinajstić information content (AvgIpc) is 2.75. The minimum Gasteiger partial charge on any atom is -0.315 e. The molecular formula is C9H10NO2PS. The second kappa shape index (κ2) is 3.38. The van der Waals surface area contributed by atoms with Gasteiger partial charge < -0.3 is 4.52 Å². The molecule has 0 aromatic heterocycles. The van der Waals surface area contributed by atoms with Gasteiger partial charge in [0.15, 0.2) is 0 Å². The van der Waals surface area contributed by atoms with Crippen molar-refractivity contribution >= 4 is 27.1 Å². The van der Waals surface area contributed by atoms with Crippen molar-refractivity contribution in [3.05, 3.63) is 29.8 Å². The summed E-state index contributed by atoms with van der Waals surface area (Å²) in [5, 5.41) is 0. The first kappa shape index (κ1) is 8.98. The lowest BCUT2D eigenvalue weighted by Crippen LogP contribution is -2.22. The van der Waals surface area contributed by atoms with Gasteiger partial charge in [-0.25, -0.2) is 3.97 Å². The summed E-state index contributed by atoms with van der Waals surface area (Å²) in [5.74, 6) is 0. The summed E-state index contributed by atoms with van der Waals surface area (Å²) in [6.07, 6.45) is 1.06. The molecule has 0 bridgehead atoms. The highest BCUT2D eigenvalue weighted by atomic mass is 32.1. The first-order valence-electron chi connectivity index (χ1n) is 4.52. The molecule has 0 aliphatic carbocycles. The largest absolute Gasteiger partial charge is 0.315 e. The van der Waals surface area contributed by atoms with Gasteiger partial charge >= 0.3 is 8.53 Å². The Balaban J connectivity index is 2.02. The smallest absolute Gasteiger partial charge is 0.302 e. The number of fused-ring (bicyclic) bond motifs is 3. The summed E-state index contributed by atoms with van der Waals surface area (Å²) >= 11 is 3.85. The molecule has 0 amide bonds. The van der Waals surface area contributed by atoms with E-state index in [1.807, 2.05) is 6.07 Å². The van der Waals surface area contributed by atoms with E-state index < -0.39 is 8.53 Å². The number of thiol groups is 1. The molecular weight excluding hydrogens is 217 g/mol. The third-order valence-corrected chi connectivity index (χ3v) is 4.49. The second-order valence-electron chi connectivity index (χ2n) is 3.45. The number of benzene rings is 1. The SMILES string of the molecule is SO[P@@]1OCC2Cc3ccccc3N21. The van der Waals surface area contributed by atoms with E-state index in [2.05, 4.69) is 35.8 Å². The van der Waals surface area contributed by atoms with E-state index in [-0.39, 0.29) is 0 Å². The Bertz CT molecular complexity index is 360. The standard InChI is InChI=1S/C9H10NO2PS/c14-12-13-10-8(6-11-13)5-7-3-1-2-4-9(7)10/h1-4,8,14H,5-6H2/t8?,13-/m1/s1. The van der Waals surface area contributed by atoms with E-state index in [1.165, 1.54) is 11.3 Å². The highest BCUT2D eigenvalue weighted by molar-refractivity contribution is 7.80. The number of hydrogen-bond acceptors (Lipinski definition) is 4. The molecule has 1 fully saturated rings. The number of anilines is 1. The lowest BCUT2D eigenvalue weighted by molar-refractivity contribution is 0.342. The number of rotatable bonds is 1. The summed E-state index contributed by atoms with van der Waals surface area (Å²) in [6.45, 7) is 0.751.